The fraction of sp³-hybridized carbons (Fsp3) is 0.250. The van der Waals surface area contributed by atoms with Gasteiger partial charge in [-0.25, -0.2) is 4.39 Å². The number of carbonyl (C=O) groups is 2. The predicted octanol–water partition coefficient (Wildman–Crippen LogP) is 4.84. The molecule has 1 aliphatic rings. The van der Waals surface area contributed by atoms with Gasteiger partial charge in [-0.05, 0) is 43.7 Å². The SMILES string of the molecule is CCCCN1C(=O)C(=O)/C(=C(/O)c2ccc(F)cc2)C1c1c(C)[nH]c2ccccc12. The van der Waals surface area contributed by atoms with Crippen LogP contribution in [0.5, 0.6) is 0 Å². The molecule has 1 amide bonds. The summed E-state index contributed by atoms with van der Waals surface area (Å²) in [4.78, 5) is 30.8. The molecule has 30 heavy (non-hydrogen) atoms. The van der Waals surface area contributed by atoms with Crippen LogP contribution in [0.1, 0.15) is 42.6 Å². The Kier molecular flexibility index (Phi) is 5.16. The van der Waals surface area contributed by atoms with Gasteiger partial charge in [-0.2, -0.15) is 0 Å². The largest absolute Gasteiger partial charge is 0.507 e. The molecule has 6 heteroatoms. The Bertz CT molecular complexity index is 1160. The summed E-state index contributed by atoms with van der Waals surface area (Å²) >= 11 is 0. The van der Waals surface area contributed by atoms with Gasteiger partial charge in [0.25, 0.3) is 11.7 Å². The number of H-pyrrole nitrogens is 1. The number of nitrogens with one attached hydrogen (secondary N) is 1. The first kappa shape index (κ1) is 19.9. The number of aromatic amines is 1. The molecule has 0 aliphatic carbocycles. The Morgan fingerprint density at radius 3 is 2.53 bits per heavy atom. The standard InChI is InChI=1S/C24H23FN2O3/c1-3-4-13-27-21(19-14(2)26-18-8-6-5-7-17(18)19)20(23(29)24(27)30)22(28)15-9-11-16(25)12-10-15/h5-12,21,26,28H,3-4,13H2,1-2H3/b22-20+. The van der Waals surface area contributed by atoms with Gasteiger partial charge in [-0.1, -0.05) is 31.5 Å². The number of halogens is 1. The highest BCUT2D eigenvalue weighted by Gasteiger charge is 2.47. The van der Waals surface area contributed by atoms with Crippen LogP contribution >= 0.6 is 0 Å². The summed E-state index contributed by atoms with van der Waals surface area (Å²) in [5, 5.41) is 11.9. The Balaban J connectivity index is 1.96. The summed E-state index contributed by atoms with van der Waals surface area (Å²) < 4.78 is 13.4. The number of aliphatic hydroxyl groups excluding tert-OH is 1. The number of amides is 1. The van der Waals surface area contributed by atoms with E-state index in [-0.39, 0.29) is 11.3 Å². The van der Waals surface area contributed by atoms with E-state index >= 15 is 0 Å². The minimum absolute atomic E-state index is 0.0376. The highest BCUT2D eigenvalue weighted by molar-refractivity contribution is 6.46. The molecule has 2 N–H and O–H groups in total. The zero-order valence-corrected chi connectivity index (χ0v) is 16.9. The molecule has 0 saturated carbocycles. The molecule has 1 atom stereocenters. The van der Waals surface area contributed by atoms with Gasteiger partial charge < -0.3 is 15.0 Å². The van der Waals surface area contributed by atoms with Gasteiger partial charge in [0.05, 0.1) is 11.6 Å². The third-order valence-electron chi connectivity index (χ3n) is 5.63. The summed E-state index contributed by atoms with van der Waals surface area (Å²) in [7, 11) is 0. The molecule has 4 rings (SSSR count). The van der Waals surface area contributed by atoms with Crippen LogP contribution in [0.25, 0.3) is 16.7 Å². The highest BCUT2D eigenvalue weighted by atomic mass is 19.1. The van der Waals surface area contributed by atoms with E-state index in [1.165, 1.54) is 24.3 Å². The Morgan fingerprint density at radius 2 is 1.83 bits per heavy atom. The molecule has 0 radical (unpaired) electrons. The van der Waals surface area contributed by atoms with Crippen molar-refractivity contribution in [2.45, 2.75) is 32.7 Å². The number of carbonyl (C=O) groups excluding carboxylic acids is 2. The first-order chi connectivity index (χ1) is 14.4. The average molecular weight is 406 g/mol. The van der Waals surface area contributed by atoms with Crippen molar-refractivity contribution in [3.63, 3.8) is 0 Å². The lowest BCUT2D eigenvalue weighted by Gasteiger charge is -2.25. The zero-order valence-electron chi connectivity index (χ0n) is 16.9. The van der Waals surface area contributed by atoms with Gasteiger partial charge in [0.1, 0.15) is 11.6 Å². The van der Waals surface area contributed by atoms with Crippen molar-refractivity contribution >= 4 is 28.4 Å². The van der Waals surface area contributed by atoms with Gasteiger partial charge in [-0.15, -0.1) is 0 Å². The molecule has 0 bridgehead atoms. The lowest BCUT2D eigenvalue weighted by molar-refractivity contribution is -0.139. The number of para-hydroxylation sites is 1. The Hall–Kier alpha value is -3.41. The second-order valence-corrected chi connectivity index (χ2v) is 7.56. The Morgan fingerprint density at radius 1 is 1.13 bits per heavy atom. The van der Waals surface area contributed by atoms with Crippen molar-refractivity contribution in [2.24, 2.45) is 0 Å². The summed E-state index contributed by atoms with van der Waals surface area (Å²) in [6.45, 7) is 4.32. The molecule has 1 saturated heterocycles. The molecular weight excluding hydrogens is 383 g/mol. The molecule has 3 aromatic rings. The lowest BCUT2D eigenvalue weighted by atomic mass is 9.93. The maximum atomic E-state index is 13.4. The molecular formula is C24H23FN2O3. The van der Waals surface area contributed by atoms with E-state index in [1.54, 1.807) is 4.90 Å². The van der Waals surface area contributed by atoms with Crippen molar-refractivity contribution in [2.75, 3.05) is 6.54 Å². The normalized spacial score (nSPS) is 18.5. The molecule has 2 aromatic carbocycles. The number of aromatic nitrogens is 1. The van der Waals surface area contributed by atoms with Crippen molar-refractivity contribution in [3.05, 3.63) is 76.7 Å². The number of likely N-dealkylation sites (tertiary alicyclic amines) is 1. The number of nitrogens with zero attached hydrogens (tertiary/aromatic N) is 1. The predicted molar refractivity (Wildman–Crippen MR) is 113 cm³/mol. The number of aliphatic hydroxyl groups is 1. The summed E-state index contributed by atoms with van der Waals surface area (Å²) in [5.74, 6) is -2.08. The van der Waals surface area contributed by atoms with Crippen LogP contribution in [0.2, 0.25) is 0 Å². The van der Waals surface area contributed by atoms with Crippen LogP contribution in [-0.4, -0.2) is 33.2 Å². The van der Waals surface area contributed by atoms with Crippen molar-refractivity contribution < 1.29 is 19.1 Å². The van der Waals surface area contributed by atoms with Crippen LogP contribution in [0.3, 0.4) is 0 Å². The molecule has 5 nitrogen and oxygen atoms in total. The number of benzene rings is 2. The van der Waals surface area contributed by atoms with Crippen LogP contribution < -0.4 is 0 Å². The second kappa shape index (κ2) is 7.78. The number of hydrogen-bond acceptors (Lipinski definition) is 3. The smallest absolute Gasteiger partial charge is 0.295 e. The minimum Gasteiger partial charge on any atom is -0.507 e. The number of rotatable bonds is 5. The Labute approximate surface area is 173 Å². The number of ketones is 1. The first-order valence-corrected chi connectivity index (χ1v) is 10.1. The van der Waals surface area contributed by atoms with Crippen LogP contribution in [-0.2, 0) is 9.59 Å². The number of hydrogen-bond donors (Lipinski definition) is 2. The van der Waals surface area contributed by atoms with Gasteiger partial charge >= 0.3 is 0 Å². The number of fused-ring (bicyclic) bond motifs is 1. The summed E-state index contributed by atoms with van der Waals surface area (Å²) in [5.41, 5.74) is 2.86. The van der Waals surface area contributed by atoms with Gasteiger partial charge in [0.2, 0.25) is 0 Å². The fourth-order valence-corrected chi connectivity index (χ4v) is 4.15. The van der Waals surface area contributed by atoms with E-state index in [0.717, 1.165) is 35.0 Å². The molecule has 1 unspecified atom stereocenters. The number of aryl methyl sites for hydroxylation is 1. The van der Waals surface area contributed by atoms with E-state index in [2.05, 4.69) is 4.98 Å². The van der Waals surface area contributed by atoms with E-state index in [1.807, 2.05) is 38.1 Å². The number of Topliss-reactive ketones (excluding diaryl/α,β-unsaturated/α-hetero) is 1. The molecule has 1 aliphatic heterocycles. The van der Waals surface area contributed by atoms with Gasteiger partial charge in [-0.3, -0.25) is 9.59 Å². The van der Waals surface area contributed by atoms with E-state index in [0.29, 0.717) is 12.1 Å². The molecule has 154 valence electrons. The van der Waals surface area contributed by atoms with Gasteiger partial charge in [0.15, 0.2) is 0 Å². The third kappa shape index (κ3) is 3.18. The van der Waals surface area contributed by atoms with Crippen molar-refractivity contribution in [3.8, 4) is 0 Å². The topological polar surface area (TPSA) is 73.4 Å². The molecule has 1 aromatic heterocycles. The maximum absolute atomic E-state index is 13.4. The fourth-order valence-electron chi connectivity index (χ4n) is 4.15. The quantitative estimate of drug-likeness (QED) is 0.362. The van der Waals surface area contributed by atoms with Crippen LogP contribution in [0, 0.1) is 12.7 Å². The van der Waals surface area contributed by atoms with Crippen molar-refractivity contribution in [1.82, 2.24) is 9.88 Å². The molecule has 0 spiro atoms. The first-order valence-electron chi connectivity index (χ1n) is 10.1. The van der Waals surface area contributed by atoms with E-state index < -0.39 is 23.5 Å². The van der Waals surface area contributed by atoms with Crippen LogP contribution in [0.4, 0.5) is 4.39 Å². The summed E-state index contributed by atoms with van der Waals surface area (Å²) in [6, 6.07) is 12.2. The molecule has 1 fully saturated rings. The minimum atomic E-state index is -0.720. The second-order valence-electron chi connectivity index (χ2n) is 7.56. The van der Waals surface area contributed by atoms with E-state index in [9.17, 15) is 19.1 Å². The monoisotopic (exact) mass is 406 g/mol. The van der Waals surface area contributed by atoms with E-state index in [4.69, 9.17) is 0 Å². The highest BCUT2D eigenvalue weighted by Crippen LogP contribution is 2.43. The third-order valence-corrected chi connectivity index (χ3v) is 5.63. The van der Waals surface area contributed by atoms with Crippen LogP contribution in [0.15, 0.2) is 54.1 Å². The summed E-state index contributed by atoms with van der Waals surface area (Å²) in [6.07, 6.45) is 1.60. The van der Waals surface area contributed by atoms with Crippen molar-refractivity contribution in [1.29, 1.82) is 0 Å². The maximum Gasteiger partial charge on any atom is 0.295 e. The average Bonchev–Trinajstić information content (AvgIpc) is 3.19. The molecule has 2 heterocycles. The number of unbranched alkanes of at least 4 members (excludes halogenated alkanes) is 1. The van der Waals surface area contributed by atoms with Gasteiger partial charge in [0, 0.05) is 34.3 Å². The zero-order chi connectivity index (χ0) is 21.4. The lowest BCUT2D eigenvalue weighted by Crippen LogP contribution is -2.30.